The third-order valence-corrected chi connectivity index (χ3v) is 5.30. The molecule has 2 N–H and O–H groups in total. The summed E-state index contributed by atoms with van der Waals surface area (Å²) in [5.74, 6) is -0.448. The van der Waals surface area contributed by atoms with Crippen molar-refractivity contribution in [1.82, 2.24) is 4.31 Å². The van der Waals surface area contributed by atoms with Crippen molar-refractivity contribution in [2.45, 2.75) is 31.0 Å². The second-order valence-electron chi connectivity index (χ2n) is 5.04. The SMILES string of the molecule is Cc1cc(F)ccc1S(=O)(=O)N1CC(C)OC(CN)C1. The second kappa shape index (κ2) is 5.77. The van der Waals surface area contributed by atoms with E-state index in [0.717, 1.165) is 6.07 Å². The number of hydrogen-bond donors (Lipinski definition) is 1. The van der Waals surface area contributed by atoms with Gasteiger partial charge in [0, 0.05) is 19.6 Å². The Morgan fingerprint density at radius 3 is 2.75 bits per heavy atom. The molecule has 7 heteroatoms. The number of nitrogens with zero attached hydrogens (tertiary/aromatic N) is 1. The van der Waals surface area contributed by atoms with Gasteiger partial charge in [-0.25, -0.2) is 12.8 Å². The van der Waals surface area contributed by atoms with Gasteiger partial charge in [0.2, 0.25) is 10.0 Å². The molecule has 1 aromatic rings. The van der Waals surface area contributed by atoms with E-state index in [9.17, 15) is 12.8 Å². The molecule has 5 nitrogen and oxygen atoms in total. The molecule has 0 bridgehead atoms. The predicted molar refractivity (Wildman–Crippen MR) is 73.3 cm³/mol. The molecule has 1 aliphatic rings. The van der Waals surface area contributed by atoms with Crippen molar-refractivity contribution >= 4 is 10.0 Å². The molecule has 2 atom stereocenters. The fourth-order valence-electron chi connectivity index (χ4n) is 2.37. The zero-order valence-electron chi connectivity index (χ0n) is 11.5. The summed E-state index contributed by atoms with van der Waals surface area (Å²) >= 11 is 0. The Hall–Kier alpha value is -1.02. The van der Waals surface area contributed by atoms with Crippen LogP contribution in [0.25, 0.3) is 0 Å². The number of nitrogens with two attached hydrogens (primary N) is 1. The summed E-state index contributed by atoms with van der Waals surface area (Å²) in [6.45, 7) is 4.15. The Bertz CT molecular complexity index is 591. The molecule has 1 heterocycles. The van der Waals surface area contributed by atoms with Crippen molar-refractivity contribution in [2.24, 2.45) is 5.73 Å². The normalized spacial score (nSPS) is 24.8. The van der Waals surface area contributed by atoms with E-state index < -0.39 is 15.8 Å². The van der Waals surface area contributed by atoms with Crippen LogP contribution in [0.4, 0.5) is 4.39 Å². The van der Waals surface area contributed by atoms with E-state index in [1.165, 1.54) is 16.4 Å². The van der Waals surface area contributed by atoms with Crippen LogP contribution in [-0.2, 0) is 14.8 Å². The molecule has 2 rings (SSSR count). The number of sulfonamides is 1. The van der Waals surface area contributed by atoms with Gasteiger partial charge >= 0.3 is 0 Å². The molecular formula is C13H19FN2O3S. The number of ether oxygens (including phenoxy) is 1. The van der Waals surface area contributed by atoms with Gasteiger partial charge in [-0.3, -0.25) is 0 Å². The molecule has 0 saturated carbocycles. The van der Waals surface area contributed by atoms with E-state index in [-0.39, 0.29) is 36.7 Å². The van der Waals surface area contributed by atoms with Crippen molar-refractivity contribution < 1.29 is 17.5 Å². The van der Waals surface area contributed by atoms with Crippen LogP contribution < -0.4 is 5.73 Å². The monoisotopic (exact) mass is 302 g/mol. The lowest BCUT2D eigenvalue weighted by molar-refractivity contribution is -0.0486. The zero-order chi connectivity index (χ0) is 14.9. The standard InChI is InChI=1S/C13H19FN2O3S/c1-9-5-11(14)3-4-13(9)20(17,18)16-7-10(2)19-12(6-15)8-16/h3-5,10,12H,6-8,15H2,1-2H3. The van der Waals surface area contributed by atoms with E-state index in [1.807, 2.05) is 6.92 Å². The summed E-state index contributed by atoms with van der Waals surface area (Å²) in [5, 5.41) is 0. The van der Waals surface area contributed by atoms with Crippen LogP contribution in [0, 0.1) is 12.7 Å². The van der Waals surface area contributed by atoms with Crippen LogP contribution in [0.1, 0.15) is 12.5 Å². The largest absolute Gasteiger partial charge is 0.371 e. The van der Waals surface area contributed by atoms with Crippen molar-refractivity contribution in [1.29, 1.82) is 0 Å². The Morgan fingerprint density at radius 2 is 2.15 bits per heavy atom. The van der Waals surface area contributed by atoms with Crippen LogP contribution in [0.2, 0.25) is 0 Å². The number of halogens is 1. The second-order valence-corrected chi connectivity index (χ2v) is 6.94. The first-order valence-electron chi connectivity index (χ1n) is 6.46. The average Bonchev–Trinajstić information content (AvgIpc) is 2.37. The summed E-state index contributed by atoms with van der Waals surface area (Å²) in [7, 11) is -3.65. The molecule has 0 radical (unpaired) electrons. The van der Waals surface area contributed by atoms with Gasteiger partial charge in [-0.1, -0.05) is 0 Å². The van der Waals surface area contributed by atoms with Crippen LogP contribution in [0.15, 0.2) is 23.1 Å². The number of morpholine rings is 1. The van der Waals surface area contributed by atoms with E-state index in [0.29, 0.717) is 5.56 Å². The van der Waals surface area contributed by atoms with Gasteiger partial charge in [0.25, 0.3) is 0 Å². The van der Waals surface area contributed by atoms with Crippen molar-refractivity contribution in [3.05, 3.63) is 29.6 Å². The van der Waals surface area contributed by atoms with Crippen molar-refractivity contribution in [2.75, 3.05) is 19.6 Å². The maximum atomic E-state index is 13.1. The smallest absolute Gasteiger partial charge is 0.243 e. The van der Waals surface area contributed by atoms with Crippen LogP contribution in [-0.4, -0.2) is 44.6 Å². The minimum absolute atomic E-state index is 0.128. The van der Waals surface area contributed by atoms with Gasteiger partial charge in [-0.05, 0) is 37.6 Å². The molecule has 112 valence electrons. The molecule has 1 aromatic carbocycles. The first kappa shape index (κ1) is 15.4. The summed E-state index contributed by atoms with van der Waals surface area (Å²) < 4.78 is 45.3. The number of aryl methyl sites for hydroxylation is 1. The average molecular weight is 302 g/mol. The molecule has 1 aliphatic heterocycles. The van der Waals surface area contributed by atoms with E-state index in [1.54, 1.807) is 6.92 Å². The highest BCUT2D eigenvalue weighted by Gasteiger charge is 2.34. The minimum atomic E-state index is -3.65. The van der Waals surface area contributed by atoms with Gasteiger partial charge < -0.3 is 10.5 Å². The molecule has 0 aliphatic carbocycles. The molecule has 1 fully saturated rings. The minimum Gasteiger partial charge on any atom is -0.371 e. The molecule has 0 aromatic heterocycles. The first-order valence-corrected chi connectivity index (χ1v) is 7.90. The Balaban J connectivity index is 2.34. The Kier molecular flexibility index (Phi) is 4.43. The molecule has 0 spiro atoms. The fourth-order valence-corrected chi connectivity index (χ4v) is 4.12. The first-order chi connectivity index (χ1) is 9.34. The lowest BCUT2D eigenvalue weighted by Gasteiger charge is -2.35. The molecule has 20 heavy (non-hydrogen) atoms. The van der Waals surface area contributed by atoms with Crippen molar-refractivity contribution in [3.8, 4) is 0 Å². The van der Waals surface area contributed by atoms with Crippen LogP contribution in [0.3, 0.4) is 0 Å². The third kappa shape index (κ3) is 3.01. The number of hydrogen-bond acceptors (Lipinski definition) is 4. The summed E-state index contributed by atoms with van der Waals surface area (Å²) in [4.78, 5) is 0.128. The Labute approximate surface area is 118 Å². The van der Waals surface area contributed by atoms with Crippen molar-refractivity contribution in [3.63, 3.8) is 0 Å². The van der Waals surface area contributed by atoms with Gasteiger partial charge in [0.05, 0.1) is 17.1 Å². The highest BCUT2D eigenvalue weighted by Crippen LogP contribution is 2.24. The van der Waals surface area contributed by atoms with E-state index in [2.05, 4.69) is 0 Å². The van der Waals surface area contributed by atoms with Crippen LogP contribution >= 0.6 is 0 Å². The lowest BCUT2D eigenvalue weighted by atomic mass is 10.2. The van der Waals surface area contributed by atoms with Gasteiger partial charge in [0.1, 0.15) is 5.82 Å². The lowest BCUT2D eigenvalue weighted by Crippen LogP contribution is -2.51. The molecule has 1 saturated heterocycles. The topological polar surface area (TPSA) is 72.6 Å². The molecule has 2 unspecified atom stereocenters. The summed E-state index contributed by atoms with van der Waals surface area (Å²) in [6, 6.07) is 3.68. The number of benzene rings is 1. The fraction of sp³-hybridized carbons (Fsp3) is 0.538. The van der Waals surface area contributed by atoms with Gasteiger partial charge in [0.15, 0.2) is 0 Å². The maximum absolute atomic E-state index is 13.1. The zero-order valence-corrected chi connectivity index (χ0v) is 12.4. The molecule has 0 amide bonds. The highest BCUT2D eigenvalue weighted by atomic mass is 32.2. The third-order valence-electron chi connectivity index (χ3n) is 3.31. The van der Waals surface area contributed by atoms with E-state index >= 15 is 0 Å². The predicted octanol–water partition coefficient (Wildman–Crippen LogP) is 0.871. The summed E-state index contributed by atoms with van der Waals surface area (Å²) in [5.41, 5.74) is 5.96. The van der Waals surface area contributed by atoms with E-state index in [4.69, 9.17) is 10.5 Å². The highest BCUT2D eigenvalue weighted by molar-refractivity contribution is 7.89. The summed E-state index contributed by atoms with van der Waals surface area (Å²) in [6.07, 6.45) is -0.526. The quantitative estimate of drug-likeness (QED) is 0.899. The van der Waals surface area contributed by atoms with Crippen LogP contribution in [0.5, 0.6) is 0 Å². The van der Waals surface area contributed by atoms with Gasteiger partial charge in [-0.15, -0.1) is 0 Å². The Morgan fingerprint density at radius 1 is 1.45 bits per heavy atom. The van der Waals surface area contributed by atoms with Gasteiger partial charge in [-0.2, -0.15) is 4.31 Å². The number of rotatable bonds is 3. The molecular weight excluding hydrogens is 283 g/mol. The maximum Gasteiger partial charge on any atom is 0.243 e.